The summed E-state index contributed by atoms with van der Waals surface area (Å²) >= 11 is 0. The van der Waals surface area contributed by atoms with Crippen molar-refractivity contribution in [3.05, 3.63) is 23.9 Å². The van der Waals surface area contributed by atoms with E-state index in [0.717, 1.165) is 18.2 Å². The summed E-state index contributed by atoms with van der Waals surface area (Å²) in [5.41, 5.74) is -0.454. The minimum atomic E-state index is -4.47. The van der Waals surface area contributed by atoms with Crippen molar-refractivity contribution in [2.75, 3.05) is 0 Å². The van der Waals surface area contributed by atoms with Crippen molar-refractivity contribution in [3.63, 3.8) is 0 Å². The molecule has 0 saturated heterocycles. The van der Waals surface area contributed by atoms with Gasteiger partial charge in [-0.3, -0.25) is 0 Å². The molecule has 0 saturated carbocycles. The van der Waals surface area contributed by atoms with E-state index in [0.29, 0.717) is 0 Å². The third-order valence-corrected chi connectivity index (χ3v) is 1.46. The number of rotatable bonds is 1. The van der Waals surface area contributed by atoms with Crippen LogP contribution in [0.3, 0.4) is 0 Å². The molecule has 72 valence electrons. The van der Waals surface area contributed by atoms with Gasteiger partial charge < -0.3 is 10.4 Å². The van der Waals surface area contributed by atoms with Crippen LogP contribution in [-0.4, -0.2) is 23.3 Å². The number of allylic oxidation sites excluding steroid dienone is 2. The maximum absolute atomic E-state index is 12.0. The van der Waals surface area contributed by atoms with Gasteiger partial charge in [-0.05, 0) is 6.08 Å². The molecule has 1 unspecified atom stereocenters. The fourth-order valence-corrected chi connectivity index (χ4v) is 0.851. The summed E-state index contributed by atoms with van der Waals surface area (Å²) in [6.45, 7) is 0. The molecule has 0 aromatic rings. The topological polar surface area (TPSA) is 49.3 Å². The van der Waals surface area contributed by atoms with Crippen LogP contribution in [0.15, 0.2) is 23.9 Å². The number of nitrogens with one attached hydrogen (secondary N) is 1. The molecule has 1 rings (SSSR count). The molecule has 1 aliphatic rings. The lowest BCUT2D eigenvalue weighted by atomic mass is 10.2. The number of alkyl halides is 3. The number of hydrogen-bond acceptors (Lipinski definition) is 2. The Balaban J connectivity index is 2.76. The molecule has 0 fully saturated rings. The molecule has 1 heterocycles. The highest BCUT2D eigenvalue weighted by molar-refractivity contribution is 5.86. The molecule has 13 heavy (non-hydrogen) atoms. The molecule has 3 nitrogen and oxygen atoms in total. The lowest BCUT2D eigenvalue weighted by Gasteiger charge is -2.21. The second-order valence-electron chi connectivity index (χ2n) is 2.43. The van der Waals surface area contributed by atoms with E-state index in [4.69, 9.17) is 5.11 Å². The summed E-state index contributed by atoms with van der Waals surface area (Å²) in [6.07, 6.45) is -1.47. The van der Waals surface area contributed by atoms with Gasteiger partial charge in [0.25, 0.3) is 0 Å². The first-order valence-electron chi connectivity index (χ1n) is 3.36. The summed E-state index contributed by atoms with van der Waals surface area (Å²) in [5.74, 6) is -1.40. The SMILES string of the molecule is O=C(O)C1=CC=CC(C(F)(F)F)N1. The van der Waals surface area contributed by atoms with E-state index >= 15 is 0 Å². The average molecular weight is 193 g/mol. The zero-order chi connectivity index (χ0) is 10.1. The van der Waals surface area contributed by atoms with Gasteiger partial charge in [-0.2, -0.15) is 13.2 Å². The van der Waals surface area contributed by atoms with Gasteiger partial charge in [-0.25, -0.2) is 4.79 Å². The van der Waals surface area contributed by atoms with Crippen molar-refractivity contribution >= 4 is 5.97 Å². The van der Waals surface area contributed by atoms with E-state index in [1.54, 1.807) is 0 Å². The molecule has 0 bridgehead atoms. The number of hydrogen-bond donors (Lipinski definition) is 2. The second kappa shape index (κ2) is 3.12. The van der Waals surface area contributed by atoms with Crippen LogP contribution in [0.4, 0.5) is 13.2 Å². The van der Waals surface area contributed by atoms with Crippen molar-refractivity contribution in [1.82, 2.24) is 5.32 Å². The lowest BCUT2D eigenvalue weighted by Crippen LogP contribution is -2.42. The van der Waals surface area contributed by atoms with E-state index < -0.39 is 23.9 Å². The van der Waals surface area contributed by atoms with Crippen LogP contribution in [0.1, 0.15) is 0 Å². The van der Waals surface area contributed by atoms with Crippen molar-refractivity contribution in [2.45, 2.75) is 12.2 Å². The van der Waals surface area contributed by atoms with Gasteiger partial charge in [0.15, 0.2) is 0 Å². The highest BCUT2D eigenvalue weighted by atomic mass is 19.4. The number of carbonyl (C=O) groups is 1. The highest BCUT2D eigenvalue weighted by Gasteiger charge is 2.39. The molecule has 1 atom stereocenters. The first-order valence-corrected chi connectivity index (χ1v) is 3.36. The van der Waals surface area contributed by atoms with Crippen LogP contribution >= 0.6 is 0 Å². The monoisotopic (exact) mass is 193 g/mol. The van der Waals surface area contributed by atoms with Gasteiger partial charge in [-0.15, -0.1) is 0 Å². The first-order chi connectivity index (χ1) is 5.91. The van der Waals surface area contributed by atoms with Crippen molar-refractivity contribution in [1.29, 1.82) is 0 Å². The standard InChI is InChI=1S/C7H6F3NO2/c8-7(9,10)5-3-1-2-4(11-5)6(12)13/h1-3,5,11H,(H,12,13). The van der Waals surface area contributed by atoms with Crippen LogP contribution < -0.4 is 5.32 Å². The third kappa shape index (κ3) is 2.24. The van der Waals surface area contributed by atoms with Gasteiger partial charge in [0.2, 0.25) is 0 Å². The normalized spacial score (nSPS) is 22.1. The number of dihydropyridines is 1. The molecule has 0 spiro atoms. The van der Waals surface area contributed by atoms with Crippen molar-refractivity contribution < 1.29 is 23.1 Å². The fraction of sp³-hybridized carbons (Fsp3) is 0.286. The van der Waals surface area contributed by atoms with Gasteiger partial charge in [0.05, 0.1) is 0 Å². The second-order valence-corrected chi connectivity index (χ2v) is 2.43. The molecule has 0 aliphatic carbocycles. The van der Waals surface area contributed by atoms with Gasteiger partial charge in [0.1, 0.15) is 11.7 Å². The smallest absolute Gasteiger partial charge is 0.412 e. The molecule has 6 heteroatoms. The molecular formula is C7H6F3NO2. The summed E-state index contributed by atoms with van der Waals surface area (Å²) in [4.78, 5) is 10.3. The van der Waals surface area contributed by atoms with Crippen LogP contribution in [0.25, 0.3) is 0 Å². The molecular weight excluding hydrogens is 187 g/mol. The maximum atomic E-state index is 12.0. The number of halogens is 3. The zero-order valence-electron chi connectivity index (χ0n) is 6.30. The largest absolute Gasteiger partial charge is 0.477 e. The first kappa shape index (κ1) is 9.63. The van der Waals surface area contributed by atoms with Crippen LogP contribution in [0.5, 0.6) is 0 Å². The quantitative estimate of drug-likeness (QED) is 0.654. The molecule has 0 aromatic heterocycles. The van der Waals surface area contributed by atoms with E-state index in [-0.39, 0.29) is 0 Å². The van der Waals surface area contributed by atoms with Gasteiger partial charge in [0, 0.05) is 0 Å². The number of aliphatic carboxylic acids is 1. The van der Waals surface area contributed by atoms with Crippen LogP contribution in [-0.2, 0) is 4.79 Å². The van der Waals surface area contributed by atoms with E-state index in [1.807, 2.05) is 5.32 Å². The molecule has 1 aliphatic heterocycles. The van der Waals surface area contributed by atoms with E-state index in [9.17, 15) is 18.0 Å². The Labute approximate surface area is 71.5 Å². The predicted molar refractivity (Wildman–Crippen MR) is 37.8 cm³/mol. The Kier molecular flexibility index (Phi) is 2.31. The number of carboxylic acids is 1. The fourth-order valence-electron chi connectivity index (χ4n) is 0.851. The summed E-state index contributed by atoms with van der Waals surface area (Å²) < 4.78 is 36.1. The summed E-state index contributed by atoms with van der Waals surface area (Å²) in [7, 11) is 0. The zero-order valence-corrected chi connectivity index (χ0v) is 6.30. The van der Waals surface area contributed by atoms with Crippen LogP contribution in [0.2, 0.25) is 0 Å². The van der Waals surface area contributed by atoms with Crippen molar-refractivity contribution in [2.24, 2.45) is 0 Å². The van der Waals surface area contributed by atoms with E-state index in [2.05, 4.69) is 0 Å². The molecule has 0 radical (unpaired) electrons. The third-order valence-electron chi connectivity index (χ3n) is 1.46. The van der Waals surface area contributed by atoms with Crippen LogP contribution in [0, 0.1) is 0 Å². The average Bonchev–Trinajstić information content (AvgIpc) is 2.03. The highest BCUT2D eigenvalue weighted by Crippen LogP contribution is 2.23. The molecule has 0 aromatic carbocycles. The van der Waals surface area contributed by atoms with Gasteiger partial charge in [-0.1, -0.05) is 12.2 Å². The molecule has 0 amide bonds. The van der Waals surface area contributed by atoms with Crippen molar-refractivity contribution in [3.8, 4) is 0 Å². The molecule has 2 N–H and O–H groups in total. The Morgan fingerprint density at radius 3 is 2.62 bits per heavy atom. The Hall–Kier alpha value is -1.46. The predicted octanol–water partition coefficient (Wildman–Crippen LogP) is 1.05. The Morgan fingerprint density at radius 2 is 2.15 bits per heavy atom. The van der Waals surface area contributed by atoms with Gasteiger partial charge >= 0.3 is 12.1 Å². The summed E-state index contributed by atoms with van der Waals surface area (Å²) in [6, 6.07) is -1.91. The minimum absolute atomic E-state index is 0.454. The Morgan fingerprint density at radius 1 is 1.54 bits per heavy atom. The lowest BCUT2D eigenvalue weighted by molar-refractivity contribution is -0.145. The Bertz CT molecular complexity index is 280. The summed E-state index contributed by atoms with van der Waals surface area (Å²) in [5, 5.41) is 10.2. The van der Waals surface area contributed by atoms with E-state index in [1.165, 1.54) is 0 Å². The minimum Gasteiger partial charge on any atom is -0.477 e. The maximum Gasteiger partial charge on any atom is 0.412 e. The number of carboxylic acid groups (broad SMARTS) is 1.